The summed E-state index contributed by atoms with van der Waals surface area (Å²) in [5.74, 6) is 0. The van der Waals surface area contributed by atoms with Gasteiger partial charge in [0.1, 0.15) is 24.4 Å². The lowest BCUT2D eigenvalue weighted by molar-refractivity contribution is -0.298. The van der Waals surface area contributed by atoms with Gasteiger partial charge in [0.2, 0.25) is 6.36 Å². The second kappa shape index (κ2) is 14.8. The standard InChI is InChI=1S/C34H35FO5/c35-34-33(39-24-29-19-11-4-12-20-29)32(38-23-28-17-9-3-10-18-28)31(37-22-27-15-7-2-8-16-27)30(40-34)25-36-21-26-13-5-1-6-14-26/h1-20,30-34H,21-25H2/t30-,31+,32+,33-,34?/m1/s1/i21D,22D,23D,24D/t21?,22?,23?,24?,30-,31+,32+,33-,34?. The summed E-state index contributed by atoms with van der Waals surface area (Å²) in [6.45, 7) is -5.13. The van der Waals surface area contributed by atoms with E-state index >= 15 is 4.39 Å². The molecule has 0 aliphatic carbocycles. The summed E-state index contributed by atoms with van der Waals surface area (Å²) in [6.07, 6.45) is -7.16. The van der Waals surface area contributed by atoms with Crippen molar-refractivity contribution in [1.29, 1.82) is 0 Å². The van der Waals surface area contributed by atoms with Crippen LogP contribution >= 0.6 is 0 Å². The molecule has 4 aromatic rings. The maximum atomic E-state index is 16.0. The SMILES string of the molecule is [2H]C(OC[C@H]1OC(F)[C@H](OC([2H])c2ccccc2)[C@@H](OC([2H])c2ccccc2)[C@H]1OC([2H])c1ccccc1)c1ccccc1. The van der Waals surface area contributed by atoms with Crippen molar-refractivity contribution in [2.75, 3.05) is 6.61 Å². The van der Waals surface area contributed by atoms with Crippen LogP contribution in [0.5, 0.6) is 0 Å². The first-order chi connectivity index (χ1) is 21.4. The fourth-order valence-electron chi connectivity index (χ4n) is 4.30. The van der Waals surface area contributed by atoms with Crippen LogP contribution in [0.1, 0.15) is 27.7 Å². The lowest BCUT2D eigenvalue weighted by atomic mass is 9.98. The van der Waals surface area contributed by atoms with Gasteiger partial charge in [0.05, 0.1) is 38.4 Å². The fourth-order valence-corrected chi connectivity index (χ4v) is 4.30. The van der Waals surface area contributed by atoms with Crippen molar-refractivity contribution < 1.29 is 33.6 Å². The van der Waals surface area contributed by atoms with Gasteiger partial charge in [-0.15, -0.1) is 0 Å². The van der Waals surface area contributed by atoms with E-state index in [1.165, 1.54) is 0 Å². The molecule has 0 amide bonds. The molecule has 5 unspecified atom stereocenters. The van der Waals surface area contributed by atoms with Gasteiger partial charge in [0, 0.05) is 0 Å². The Morgan fingerprint density at radius 3 is 1.35 bits per heavy atom. The van der Waals surface area contributed by atoms with Crippen molar-refractivity contribution in [2.24, 2.45) is 0 Å². The minimum Gasteiger partial charge on any atom is -0.374 e. The van der Waals surface area contributed by atoms with Gasteiger partial charge in [-0.05, 0) is 22.3 Å². The molecule has 9 atom stereocenters. The third-order valence-corrected chi connectivity index (χ3v) is 6.34. The van der Waals surface area contributed by atoms with Gasteiger partial charge in [-0.25, -0.2) is 4.39 Å². The number of benzene rings is 4. The average molecular weight is 547 g/mol. The van der Waals surface area contributed by atoms with E-state index in [2.05, 4.69) is 0 Å². The minimum absolute atomic E-state index is 0.265. The first-order valence-electron chi connectivity index (χ1n) is 15.5. The average Bonchev–Trinajstić information content (AvgIpc) is 3.07. The molecule has 0 N–H and O–H groups in total. The van der Waals surface area contributed by atoms with Crippen LogP contribution in [-0.4, -0.2) is 37.4 Å². The molecule has 1 heterocycles. The Bertz CT molecular complexity index is 1390. The van der Waals surface area contributed by atoms with Crippen molar-refractivity contribution in [3.8, 4) is 0 Å². The zero-order valence-electron chi connectivity index (χ0n) is 25.9. The Morgan fingerprint density at radius 1 is 0.525 bits per heavy atom. The predicted octanol–water partition coefficient (Wildman–Crippen LogP) is 6.65. The third kappa shape index (κ3) is 8.07. The maximum absolute atomic E-state index is 16.0. The topological polar surface area (TPSA) is 46.2 Å². The highest BCUT2D eigenvalue weighted by Gasteiger charge is 2.48. The molecule has 0 radical (unpaired) electrons. The summed E-state index contributed by atoms with van der Waals surface area (Å²) in [6, 6.07) is 35.2. The molecule has 0 aromatic heterocycles. The summed E-state index contributed by atoms with van der Waals surface area (Å²) in [4.78, 5) is 0. The first-order valence-corrected chi connectivity index (χ1v) is 13.2. The van der Waals surface area contributed by atoms with E-state index in [1.807, 2.05) is 18.2 Å². The zero-order valence-corrected chi connectivity index (χ0v) is 21.9. The molecular weight excluding hydrogens is 507 g/mol. The number of ether oxygens (including phenoxy) is 5. The number of hydrogen-bond donors (Lipinski definition) is 0. The van der Waals surface area contributed by atoms with E-state index in [4.69, 9.17) is 29.2 Å². The van der Waals surface area contributed by atoms with Crippen molar-refractivity contribution in [3.63, 3.8) is 0 Å². The second-order valence-corrected chi connectivity index (χ2v) is 9.28. The lowest BCUT2D eigenvalue weighted by Gasteiger charge is -2.43. The highest BCUT2D eigenvalue weighted by atomic mass is 19.1. The van der Waals surface area contributed by atoms with E-state index in [-0.39, 0.29) is 6.61 Å². The van der Waals surface area contributed by atoms with Crippen molar-refractivity contribution in [1.82, 2.24) is 0 Å². The zero-order chi connectivity index (χ0) is 30.9. The van der Waals surface area contributed by atoms with Crippen LogP contribution in [0, 0.1) is 0 Å². The molecule has 5 rings (SSSR count). The summed E-state index contributed by atoms with van der Waals surface area (Å²) in [5, 5.41) is 0. The minimum atomic E-state index is -2.09. The van der Waals surface area contributed by atoms with E-state index in [0.29, 0.717) is 22.3 Å². The molecule has 1 saturated heterocycles. The third-order valence-electron chi connectivity index (χ3n) is 6.34. The van der Waals surface area contributed by atoms with E-state index in [9.17, 15) is 0 Å². The number of hydrogen-bond acceptors (Lipinski definition) is 5. The molecule has 6 heteroatoms. The smallest absolute Gasteiger partial charge is 0.228 e. The van der Waals surface area contributed by atoms with Gasteiger partial charge in [-0.3, -0.25) is 0 Å². The largest absolute Gasteiger partial charge is 0.374 e. The molecule has 4 aromatic carbocycles. The summed E-state index contributed by atoms with van der Waals surface area (Å²) in [7, 11) is 0. The summed E-state index contributed by atoms with van der Waals surface area (Å²) < 4.78 is 80.6. The first kappa shape index (κ1) is 23.3. The van der Waals surface area contributed by atoms with E-state index in [0.717, 1.165) is 0 Å². The van der Waals surface area contributed by atoms with Gasteiger partial charge in [-0.1, -0.05) is 121 Å². The molecule has 0 spiro atoms. The van der Waals surface area contributed by atoms with Gasteiger partial charge >= 0.3 is 0 Å². The summed E-state index contributed by atoms with van der Waals surface area (Å²) >= 11 is 0. The molecular formula is C34H35FO5. The molecule has 40 heavy (non-hydrogen) atoms. The van der Waals surface area contributed by atoms with Crippen molar-refractivity contribution >= 4 is 0 Å². The van der Waals surface area contributed by atoms with Crippen LogP contribution in [0.4, 0.5) is 4.39 Å². The number of alkyl halides is 1. The van der Waals surface area contributed by atoms with Gasteiger partial charge in [0.15, 0.2) is 0 Å². The van der Waals surface area contributed by atoms with E-state index < -0.39 is 57.1 Å². The van der Waals surface area contributed by atoms with Crippen LogP contribution in [0.25, 0.3) is 0 Å². The number of halogens is 1. The molecule has 208 valence electrons. The van der Waals surface area contributed by atoms with Crippen LogP contribution in [0.2, 0.25) is 0 Å². The Kier molecular flexibility index (Phi) is 8.66. The maximum Gasteiger partial charge on any atom is 0.228 e. The van der Waals surface area contributed by atoms with Crippen LogP contribution in [0.15, 0.2) is 121 Å². The highest BCUT2D eigenvalue weighted by Crippen LogP contribution is 2.31. The quantitative estimate of drug-likeness (QED) is 0.188. The van der Waals surface area contributed by atoms with Crippen molar-refractivity contribution in [2.45, 2.75) is 57.1 Å². The van der Waals surface area contributed by atoms with Gasteiger partial charge < -0.3 is 23.7 Å². The van der Waals surface area contributed by atoms with Crippen LogP contribution in [-0.2, 0) is 50.0 Å². The summed E-state index contributed by atoms with van der Waals surface area (Å²) in [5.41, 5.74) is 2.16. The van der Waals surface area contributed by atoms with Crippen LogP contribution < -0.4 is 0 Å². The molecule has 0 saturated carbocycles. The highest BCUT2D eigenvalue weighted by molar-refractivity contribution is 5.16. The second-order valence-electron chi connectivity index (χ2n) is 9.28. The monoisotopic (exact) mass is 546 g/mol. The predicted molar refractivity (Wildman–Crippen MR) is 151 cm³/mol. The molecule has 0 bridgehead atoms. The lowest BCUT2D eigenvalue weighted by Crippen LogP contribution is -2.60. The molecule has 1 fully saturated rings. The van der Waals surface area contributed by atoms with E-state index in [1.54, 1.807) is 103 Å². The fraction of sp³-hybridized carbons (Fsp3) is 0.294. The number of rotatable bonds is 13. The van der Waals surface area contributed by atoms with Gasteiger partial charge in [0.25, 0.3) is 0 Å². The molecule has 1 aliphatic rings. The Morgan fingerprint density at radius 2 is 0.900 bits per heavy atom. The Balaban J connectivity index is 1.46. The Hall–Kier alpha value is -3.39. The normalized spacial score (nSPS) is 27.3. The molecule has 5 nitrogen and oxygen atoms in total. The van der Waals surface area contributed by atoms with Crippen LogP contribution in [0.3, 0.4) is 0 Å². The van der Waals surface area contributed by atoms with Crippen molar-refractivity contribution in [3.05, 3.63) is 144 Å². The Labute approximate surface area is 241 Å². The molecule has 1 aliphatic heterocycles. The van der Waals surface area contributed by atoms with Gasteiger partial charge in [-0.2, -0.15) is 0 Å².